The van der Waals surface area contributed by atoms with Gasteiger partial charge in [0.2, 0.25) is 11.8 Å². The van der Waals surface area contributed by atoms with Crippen LogP contribution in [0.25, 0.3) is 11.5 Å². The molecule has 2 heterocycles. The first-order chi connectivity index (χ1) is 15.6. The van der Waals surface area contributed by atoms with E-state index in [9.17, 15) is 9.59 Å². The SMILES string of the molecule is COc1cc(CNC(=O)Cn2nc(-c3ccccc3)oc2=O)ccc1OCC1CCCO1. The molecule has 1 unspecified atom stereocenters. The molecule has 1 aliphatic heterocycles. The minimum atomic E-state index is -0.687. The van der Waals surface area contributed by atoms with Gasteiger partial charge in [-0.05, 0) is 42.7 Å². The number of hydrogen-bond donors (Lipinski definition) is 1. The monoisotopic (exact) mass is 439 g/mol. The maximum Gasteiger partial charge on any atom is 0.437 e. The Morgan fingerprint density at radius 3 is 2.81 bits per heavy atom. The fourth-order valence-electron chi connectivity index (χ4n) is 3.40. The Morgan fingerprint density at radius 2 is 2.06 bits per heavy atom. The highest BCUT2D eigenvalue weighted by molar-refractivity contribution is 5.75. The topological polar surface area (TPSA) is 105 Å². The summed E-state index contributed by atoms with van der Waals surface area (Å²) in [6.45, 7) is 1.27. The molecule has 1 aliphatic rings. The Kier molecular flexibility index (Phi) is 6.86. The molecule has 2 aromatic carbocycles. The van der Waals surface area contributed by atoms with Crippen molar-refractivity contribution < 1.29 is 23.4 Å². The molecule has 0 radical (unpaired) electrons. The number of methoxy groups -OCH3 is 1. The summed E-state index contributed by atoms with van der Waals surface area (Å²) in [5.74, 6) is 0.327. The number of nitrogens with zero attached hydrogens (tertiary/aromatic N) is 2. The number of hydrogen-bond acceptors (Lipinski definition) is 7. The number of carbonyl (C=O) groups is 1. The summed E-state index contributed by atoms with van der Waals surface area (Å²) in [7, 11) is 1.57. The normalized spacial score (nSPS) is 15.5. The zero-order chi connectivity index (χ0) is 22.3. The zero-order valence-corrected chi connectivity index (χ0v) is 17.8. The van der Waals surface area contributed by atoms with Crippen molar-refractivity contribution in [2.45, 2.75) is 32.0 Å². The van der Waals surface area contributed by atoms with Gasteiger partial charge in [0.1, 0.15) is 13.2 Å². The smallest absolute Gasteiger partial charge is 0.437 e. The summed E-state index contributed by atoms with van der Waals surface area (Å²) in [6.07, 6.45) is 2.16. The van der Waals surface area contributed by atoms with Gasteiger partial charge < -0.3 is 23.9 Å². The van der Waals surface area contributed by atoms with Crippen molar-refractivity contribution in [1.82, 2.24) is 15.1 Å². The summed E-state index contributed by atoms with van der Waals surface area (Å²) in [5, 5.41) is 6.87. The standard InChI is InChI=1S/C23H25N3O6/c1-29-20-12-16(9-10-19(20)31-15-18-8-5-11-30-18)13-24-21(27)14-26-23(28)32-22(25-26)17-6-3-2-4-7-17/h2-4,6-7,9-10,12,18H,5,8,11,13-15H2,1H3,(H,24,27). The van der Waals surface area contributed by atoms with Gasteiger partial charge in [0, 0.05) is 18.7 Å². The molecular weight excluding hydrogens is 414 g/mol. The Labute approximate surface area is 184 Å². The predicted octanol–water partition coefficient (Wildman–Crippen LogP) is 2.39. The van der Waals surface area contributed by atoms with E-state index in [1.807, 2.05) is 30.3 Å². The molecule has 1 atom stereocenters. The number of carbonyl (C=O) groups excluding carboxylic acids is 1. The predicted molar refractivity (Wildman–Crippen MR) is 116 cm³/mol. The Bertz CT molecular complexity index is 1100. The number of ether oxygens (including phenoxy) is 3. The van der Waals surface area contributed by atoms with Crippen LogP contribution in [0.15, 0.2) is 57.7 Å². The van der Waals surface area contributed by atoms with Gasteiger partial charge in [-0.25, -0.2) is 4.79 Å². The molecule has 4 rings (SSSR count). The van der Waals surface area contributed by atoms with Gasteiger partial charge in [0.25, 0.3) is 0 Å². The molecule has 0 aliphatic carbocycles. The molecule has 1 saturated heterocycles. The van der Waals surface area contributed by atoms with Crippen LogP contribution in [-0.2, 0) is 22.6 Å². The fraction of sp³-hybridized carbons (Fsp3) is 0.348. The average Bonchev–Trinajstić information content (AvgIpc) is 3.47. The van der Waals surface area contributed by atoms with Crippen LogP contribution in [0.2, 0.25) is 0 Å². The zero-order valence-electron chi connectivity index (χ0n) is 17.8. The fourth-order valence-corrected chi connectivity index (χ4v) is 3.40. The maximum absolute atomic E-state index is 12.3. The van der Waals surface area contributed by atoms with Crippen LogP contribution >= 0.6 is 0 Å². The van der Waals surface area contributed by atoms with Crippen LogP contribution in [0.5, 0.6) is 11.5 Å². The van der Waals surface area contributed by atoms with Crippen molar-refractivity contribution in [2.24, 2.45) is 0 Å². The number of nitrogens with one attached hydrogen (secondary N) is 1. The van der Waals surface area contributed by atoms with E-state index in [2.05, 4.69) is 10.4 Å². The third kappa shape index (κ3) is 5.36. The second-order valence-corrected chi connectivity index (χ2v) is 7.40. The third-order valence-electron chi connectivity index (χ3n) is 5.09. The number of aromatic nitrogens is 2. The molecule has 3 aromatic rings. The maximum atomic E-state index is 12.3. The van der Waals surface area contributed by atoms with E-state index >= 15 is 0 Å². The molecule has 1 amide bonds. The molecule has 168 valence electrons. The number of amides is 1. The Balaban J connectivity index is 1.32. The van der Waals surface area contributed by atoms with E-state index in [0.717, 1.165) is 29.7 Å². The van der Waals surface area contributed by atoms with Crippen LogP contribution < -0.4 is 20.5 Å². The lowest BCUT2D eigenvalue weighted by Gasteiger charge is -2.15. The Morgan fingerprint density at radius 1 is 1.22 bits per heavy atom. The molecule has 0 saturated carbocycles. The van der Waals surface area contributed by atoms with E-state index in [1.54, 1.807) is 25.3 Å². The molecule has 0 spiro atoms. The minimum Gasteiger partial charge on any atom is -0.493 e. The van der Waals surface area contributed by atoms with Gasteiger partial charge in [-0.1, -0.05) is 24.3 Å². The van der Waals surface area contributed by atoms with Crippen molar-refractivity contribution in [3.8, 4) is 23.0 Å². The quantitative estimate of drug-likeness (QED) is 0.546. The van der Waals surface area contributed by atoms with Crippen molar-refractivity contribution >= 4 is 5.91 Å². The summed E-state index contributed by atoms with van der Waals surface area (Å²) < 4.78 is 23.0. The van der Waals surface area contributed by atoms with Gasteiger partial charge in [0.15, 0.2) is 11.5 Å². The molecular formula is C23H25N3O6. The Hall–Kier alpha value is -3.59. The van der Waals surface area contributed by atoms with E-state index in [4.69, 9.17) is 18.6 Å². The molecule has 9 heteroatoms. The number of benzene rings is 2. The van der Waals surface area contributed by atoms with Crippen LogP contribution in [0, 0.1) is 0 Å². The third-order valence-corrected chi connectivity index (χ3v) is 5.09. The summed E-state index contributed by atoms with van der Waals surface area (Å²) in [5.41, 5.74) is 1.50. The van der Waals surface area contributed by atoms with E-state index in [0.29, 0.717) is 23.7 Å². The first kappa shape index (κ1) is 21.6. The summed E-state index contributed by atoms with van der Waals surface area (Å²) >= 11 is 0. The van der Waals surface area contributed by atoms with Crippen molar-refractivity contribution in [3.63, 3.8) is 0 Å². The highest BCUT2D eigenvalue weighted by atomic mass is 16.5. The largest absolute Gasteiger partial charge is 0.493 e. The van der Waals surface area contributed by atoms with Crippen molar-refractivity contribution in [3.05, 3.63) is 64.6 Å². The second kappa shape index (κ2) is 10.1. The van der Waals surface area contributed by atoms with Gasteiger partial charge in [-0.2, -0.15) is 4.68 Å². The highest BCUT2D eigenvalue weighted by Gasteiger charge is 2.17. The van der Waals surface area contributed by atoms with Crippen LogP contribution in [-0.4, -0.2) is 42.1 Å². The van der Waals surface area contributed by atoms with E-state index in [-0.39, 0.29) is 31.0 Å². The van der Waals surface area contributed by atoms with Crippen LogP contribution in [0.3, 0.4) is 0 Å². The number of rotatable bonds is 9. The first-order valence-electron chi connectivity index (χ1n) is 10.4. The van der Waals surface area contributed by atoms with E-state index in [1.165, 1.54) is 0 Å². The lowest BCUT2D eigenvalue weighted by atomic mass is 10.2. The van der Waals surface area contributed by atoms with E-state index < -0.39 is 5.76 Å². The van der Waals surface area contributed by atoms with Crippen molar-refractivity contribution in [2.75, 3.05) is 20.3 Å². The molecule has 9 nitrogen and oxygen atoms in total. The van der Waals surface area contributed by atoms with Crippen LogP contribution in [0.1, 0.15) is 18.4 Å². The average molecular weight is 439 g/mol. The molecule has 0 bridgehead atoms. The minimum absolute atomic E-state index is 0.112. The van der Waals surface area contributed by atoms with Gasteiger partial charge in [0.05, 0.1) is 13.2 Å². The lowest BCUT2D eigenvalue weighted by Crippen LogP contribution is -2.31. The lowest BCUT2D eigenvalue weighted by molar-refractivity contribution is -0.122. The van der Waals surface area contributed by atoms with Gasteiger partial charge >= 0.3 is 5.76 Å². The summed E-state index contributed by atoms with van der Waals surface area (Å²) in [4.78, 5) is 24.3. The summed E-state index contributed by atoms with van der Waals surface area (Å²) in [6, 6.07) is 14.5. The highest BCUT2D eigenvalue weighted by Crippen LogP contribution is 2.29. The molecule has 32 heavy (non-hydrogen) atoms. The van der Waals surface area contributed by atoms with Crippen molar-refractivity contribution in [1.29, 1.82) is 0 Å². The van der Waals surface area contributed by atoms with Gasteiger partial charge in [-0.3, -0.25) is 4.79 Å². The molecule has 1 aromatic heterocycles. The second-order valence-electron chi connectivity index (χ2n) is 7.40. The first-order valence-corrected chi connectivity index (χ1v) is 10.4. The van der Waals surface area contributed by atoms with Crippen LogP contribution in [0.4, 0.5) is 0 Å². The molecule has 1 N–H and O–H groups in total. The molecule has 1 fully saturated rings. The van der Waals surface area contributed by atoms with Gasteiger partial charge in [-0.15, -0.1) is 5.10 Å².